The van der Waals surface area contributed by atoms with E-state index in [0.29, 0.717) is 5.92 Å². The molecule has 0 aromatic heterocycles. The van der Waals surface area contributed by atoms with E-state index >= 15 is 0 Å². The van der Waals surface area contributed by atoms with Crippen LogP contribution in [0.15, 0.2) is 24.0 Å². The van der Waals surface area contributed by atoms with Gasteiger partial charge in [0, 0.05) is 5.92 Å². The lowest BCUT2D eigenvalue weighted by Crippen LogP contribution is -2.10. The Balaban J connectivity index is 4.57. The van der Waals surface area contributed by atoms with Gasteiger partial charge in [-0.1, -0.05) is 39.3 Å². The predicted octanol–water partition coefficient (Wildman–Crippen LogP) is 3.63. The van der Waals surface area contributed by atoms with Gasteiger partial charge < -0.3 is 4.74 Å². The molecule has 2 heteroatoms. The van der Waals surface area contributed by atoms with Gasteiger partial charge in [-0.05, 0) is 18.9 Å². The molecule has 2 nitrogen and oxygen atoms in total. The molecule has 0 heterocycles. The summed E-state index contributed by atoms with van der Waals surface area (Å²) in [6.07, 6.45) is 8.50. The summed E-state index contributed by atoms with van der Waals surface area (Å²) >= 11 is 0. The second-order valence-corrected chi connectivity index (χ2v) is 3.46. The van der Waals surface area contributed by atoms with Crippen molar-refractivity contribution in [3.63, 3.8) is 0 Å². The number of ether oxygens (including phenoxy) is 1. The molecule has 0 aliphatic heterocycles. The summed E-state index contributed by atoms with van der Waals surface area (Å²) < 4.78 is 4.94. The van der Waals surface area contributed by atoms with E-state index in [4.69, 9.17) is 10.00 Å². The van der Waals surface area contributed by atoms with Crippen LogP contribution < -0.4 is 0 Å². The first-order valence-corrected chi connectivity index (χ1v) is 5.06. The maximum atomic E-state index is 8.50. The molecule has 0 saturated heterocycles. The second-order valence-electron chi connectivity index (χ2n) is 3.46. The van der Waals surface area contributed by atoms with Crippen LogP contribution in [0.4, 0.5) is 0 Å². The zero-order valence-corrected chi connectivity index (χ0v) is 9.45. The van der Waals surface area contributed by atoms with Crippen molar-refractivity contribution in [2.75, 3.05) is 0 Å². The van der Waals surface area contributed by atoms with Crippen molar-refractivity contribution in [1.82, 2.24) is 0 Å². The number of allylic oxidation sites excluding steroid dienone is 4. The number of nitrogens with zero attached hydrogens (tertiary/aromatic N) is 1. The summed E-state index contributed by atoms with van der Waals surface area (Å²) in [6, 6.07) is 0. The average Bonchev–Trinajstić information content (AvgIpc) is 2.22. The number of hydrogen-bond donors (Lipinski definition) is 0. The highest BCUT2D eigenvalue weighted by Crippen LogP contribution is 2.23. The molecule has 78 valence electrons. The minimum absolute atomic E-state index is 0.288. The largest absolute Gasteiger partial charge is 0.392 e. The number of rotatable bonds is 5. The molecule has 0 rings (SSSR count). The number of nitriles is 1. The van der Waals surface area contributed by atoms with E-state index in [9.17, 15) is 0 Å². The first kappa shape index (κ1) is 12.8. The first-order valence-electron chi connectivity index (χ1n) is 5.06. The van der Waals surface area contributed by atoms with Crippen molar-refractivity contribution in [2.45, 2.75) is 34.1 Å². The highest BCUT2D eigenvalue weighted by atomic mass is 16.5. The summed E-state index contributed by atoms with van der Waals surface area (Å²) in [4.78, 5) is 0. The van der Waals surface area contributed by atoms with Gasteiger partial charge in [0.1, 0.15) is 5.76 Å². The molecule has 0 fully saturated rings. The lowest BCUT2D eigenvalue weighted by atomic mass is 9.91. The summed E-state index contributed by atoms with van der Waals surface area (Å²) in [6.45, 7) is 8.32. The van der Waals surface area contributed by atoms with Gasteiger partial charge in [0.05, 0.1) is 0 Å². The Morgan fingerprint density at radius 1 is 1.50 bits per heavy atom. The Labute approximate surface area is 86.9 Å². The van der Waals surface area contributed by atoms with Crippen LogP contribution in [0.5, 0.6) is 0 Å². The maximum absolute atomic E-state index is 8.50. The van der Waals surface area contributed by atoms with E-state index in [-0.39, 0.29) is 5.92 Å². The minimum Gasteiger partial charge on any atom is -0.392 e. The van der Waals surface area contributed by atoms with Gasteiger partial charge in [0.25, 0.3) is 6.26 Å². The lowest BCUT2D eigenvalue weighted by molar-refractivity contribution is 0.267. The van der Waals surface area contributed by atoms with Crippen LogP contribution in [0.25, 0.3) is 0 Å². The van der Waals surface area contributed by atoms with Crippen LogP contribution in [0, 0.1) is 23.4 Å². The van der Waals surface area contributed by atoms with E-state index in [2.05, 4.69) is 20.8 Å². The predicted molar refractivity (Wildman–Crippen MR) is 58.2 cm³/mol. The molecule has 0 aliphatic carbocycles. The third-order valence-electron chi connectivity index (χ3n) is 2.56. The van der Waals surface area contributed by atoms with Crippen LogP contribution >= 0.6 is 0 Å². The molecule has 0 N–H and O–H groups in total. The Bertz CT molecular complexity index is 248. The molecular formula is C12H19NO. The highest BCUT2D eigenvalue weighted by Gasteiger charge is 2.16. The zero-order chi connectivity index (χ0) is 11.0. The SMILES string of the molecule is C/C=C\C=C(\OC#N)C(C)C(C)CC. The van der Waals surface area contributed by atoms with Gasteiger partial charge >= 0.3 is 0 Å². The molecule has 0 radical (unpaired) electrons. The molecular weight excluding hydrogens is 174 g/mol. The van der Waals surface area contributed by atoms with Gasteiger partial charge in [-0.25, -0.2) is 0 Å². The average molecular weight is 193 g/mol. The van der Waals surface area contributed by atoms with Crippen molar-refractivity contribution in [3.05, 3.63) is 24.0 Å². The lowest BCUT2D eigenvalue weighted by Gasteiger charge is -2.18. The molecule has 0 amide bonds. The van der Waals surface area contributed by atoms with Gasteiger partial charge in [-0.3, -0.25) is 0 Å². The molecule has 0 saturated carbocycles. The normalized spacial score (nSPS) is 16.4. The molecule has 0 aliphatic rings. The Morgan fingerprint density at radius 3 is 2.57 bits per heavy atom. The fraction of sp³-hybridized carbons (Fsp3) is 0.583. The van der Waals surface area contributed by atoms with Crippen molar-refractivity contribution >= 4 is 0 Å². The van der Waals surface area contributed by atoms with Crippen molar-refractivity contribution < 1.29 is 4.74 Å². The Hall–Kier alpha value is -1.23. The van der Waals surface area contributed by atoms with Crippen LogP contribution in [0.2, 0.25) is 0 Å². The van der Waals surface area contributed by atoms with Crippen LogP contribution in [-0.4, -0.2) is 0 Å². The van der Waals surface area contributed by atoms with Crippen LogP contribution in [0.1, 0.15) is 34.1 Å². The quantitative estimate of drug-likeness (QED) is 0.379. The molecule has 2 unspecified atom stereocenters. The topological polar surface area (TPSA) is 33.0 Å². The summed E-state index contributed by atoms with van der Waals surface area (Å²) in [7, 11) is 0. The molecule has 0 spiro atoms. The van der Waals surface area contributed by atoms with Gasteiger partial charge in [-0.15, -0.1) is 5.26 Å². The smallest absolute Gasteiger partial charge is 0.291 e. The van der Waals surface area contributed by atoms with Crippen LogP contribution in [-0.2, 0) is 4.74 Å². The number of hydrogen-bond acceptors (Lipinski definition) is 2. The molecule has 0 aromatic carbocycles. The summed E-state index contributed by atoms with van der Waals surface area (Å²) in [5.74, 6) is 1.57. The monoisotopic (exact) mass is 193 g/mol. The summed E-state index contributed by atoms with van der Waals surface area (Å²) in [5.41, 5.74) is 0. The maximum Gasteiger partial charge on any atom is 0.291 e. The molecule has 0 bridgehead atoms. The standard InChI is InChI=1S/C12H19NO/c1-5-7-8-12(14-9-13)11(4)10(3)6-2/h5,7-8,10-11H,6H2,1-4H3/b7-5-,12-8+. The van der Waals surface area contributed by atoms with E-state index in [0.717, 1.165) is 12.2 Å². The van der Waals surface area contributed by atoms with Gasteiger partial charge in [-0.2, -0.15) is 0 Å². The van der Waals surface area contributed by atoms with E-state index in [1.54, 1.807) is 6.26 Å². The molecule has 2 atom stereocenters. The first-order chi connectivity index (χ1) is 6.67. The van der Waals surface area contributed by atoms with E-state index in [1.807, 2.05) is 25.2 Å². The zero-order valence-electron chi connectivity index (χ0n) is 9.45. The third kappa shape index (κ3) is 4.13. The fourth-order valence-electron chi connectivity index (χ4n) is 1.16. The van der Waals surface area contributed by atoms with Crippen molar-refractivity contribution in [2.24, 2.45) is 11.8 Å². The fourth-order valence-corrected chi connectivity index (χ4v) is 1.16. The third-order valence-corrected chi connectivity index (χ3v) is 2.56. The molecule has 14 heavy (non-hydrogen) atoms. The van der Waals surface area contributed by atoms with E-state index < -0.39 is 0 Å². The summed E-state index contributed by atoms with van der Waals surface area (Å²) in [5, 5.41) is 8.50. The second kappa shape index (κ2) is 7.20. The Morgan fingerprint density at radius 2 is 2.14 bits per heavy atom. The van der Waals surface area contributed by atoms with E-state index in [1.165, 1.54) is 0 Å². The van der Waals surface area contributed by atoms with Gasteiger partial charge in [0.2, 0.25) is 0 Å². The Kier molecular flexibility index (Phi) is 6.57. The van der Waals surface area contributed by atoms with Crippen LogP contribution in [0.3, 0.4) is 0 Å². The minimum atomic E-state index is 0.288. The van der Waals surface area contributed by atoms with Crippen molar-refractivity contribution in [1.29, 1.82) is 5.26 Å². The highest BCUT2D eigenvalue weighted by molar-refractivity contribution is 5.10. The molecule has 0 aromatic rings. The van der Waals surface area contributed by atoms with Gasteiger partial charge in [0.15, 0.2) is 0 Å². The van der Waals surface area contributed by atoms with Crippen molar-refractivity contribution in [3.8, 4) is 6.26 Å².